The van der Waals surface area contributed by atoms with Gasteiger partial charge >= 0.3 is 5.97 Å². The fraction of sp³-hybridized carbons (Fsp3) is 0.118. The van der Waals surface area contributed by atoms with Gasteiger partial charge in [-0.1, -0.05) is 0 Å². The maximum atomic E-state index is 12.1. The molecule has 0 aliphatic heterocycles. The number of nitrogens with one attached hydrogen (secondary N) is 1. The van der Waals surface area contributed by atoms with Crippen LogP contribution in [0.4, 0.5) is 11.4 Å². The summed E-state index contributed by atoms with van der Waals surface area (Å²) in [5.41, 5.74) is 12.3. The largest absolute Gasteiger partial charge is 0.449 e. The highest BCUT2D eigenvalue weighted by Crippen LogP contribution is 2.12. The van der Waals surface area contributed by atoms with Gasteiger partial charge in [0.1, 0.15) is 0 Å². The zero-order valence-electron chi connectivity index (χ0n) is 13.0. The lowest BCUT2D eigenvalue weighted by Crippen LogP contribution is -2.30. The molecule has 0 saturated carbocycles. The Morgan fingerprint density at radius 1 is 0.958 bits per heavy atom. The average Bonchev–Trinajstić information content (AvgIpc) is 2.55. The number of rotatable bonds is 5. The molecule has 5 N–H and O–H groups in total. The van der Waals surface area contributed by atoms with Gasteiger partial charge in [-0.15, -0.1) is 0 Å². The van der Waals surface area contributed by atoms with Gasteiger partial charge < -0.3 is 21.5 Å². The summed E-state index contributed by atoms with van der Waals surface area (Å²) >= 11 is 0. The molecule has 1 atom stereocenters. The summed E-state index contributed by atoms with van der Waals surface area (Å²) in [6.45, 7) is 1.46. The standard InChI is InChI=1S/C17H17N3O4/c1-10(24-17(23)12-2-6-13(18)7-3-12)16(22)20-14-8-4-11(5-9-14)15(19)21/h2-10H,18H2,1H3,(H2,19,21)(H,20,22)/t10-/m0/s1. The number of carbonyl (C=O) groups is 3. The molecule has 2 amide bonds. The first-order valence-corrected chi connectivity index (χ1v) is 7.14. The Balaban J connectivity index is 1.95. The van der Waals surface area contributed by atoms with E-state index in [1.165, 1.54) is 43.3 Å². The Morgan fingerprint density at radius 3 is 2.04 bits per heavy atom. The molecule has 0 heterocycles. The molecule has 2 aromatic rings. The number of hydrogen-bond acceptors (Lipinski definition) is 5. The SMILES string of the molecule is C[C@H](OC(=O)c1ccc(N)cc1)C(=O)Nc1ccc(C(N)=O)cc1. The summed E-state index contributed by atoms with van der Waals surface area (Å²) in [5.74, 6) is -1.67. The number of nitrogens with two attached hydrogens (primary N) is 2. The van der Waals surface area contributed by atoms with Crippen LogP contribution in [0.2, 0.25) is 0 Å². The van der Waals surface area contributed by atoms with Crippen molar-refractivity contribution in [3.63, 3.8) is 0 Å². The molecule has 7 heteroatoms. The van der Waals surface area contributed by atoms with E-state index in [1.54, 1.807) is 12.1 Å². The number of ether oxygens (including phenoxy) is 1. The first kappa shape index (κ1) is 17.0. The van der Waals surface area contributed by atoms with Crippen molar-refractivity contribution in [1.82, 2.24) is 0 Å². The van der Waals surface area contributed by atoms with Crippen molar-refractivity contribution in [1.29, 1.82) is 0 Å². The van der Waals surface area contributed by atoms with Crippen molar-refractivity contribution in [3.8, 4) is 0 Å². The minimum Gasteiger partial charge on any atom is -0.449 e. The van der Waals surface area contributed by atoms with Crippen molar-refractivity contribution in [2.24, 2.45) is 5.73 Å². The van der Waals surface area contributed by atoms with E-state index in [0.717, 1.165) is 0 Å². The number of anilines is 2. The molecule has 0 radical (unpaired) electrons. The average molecular weight is 327 g/mol. The normalized spacial score (nSPS) is 11.4. The van der Waals surface area contributed by atoms with Crippen LogP contribution in [0.5, 0.6) is 0 Å². The number of nitrogen functional groups attached to an aromatic ring is 1. The van der Waals surface area contributed by atoms with E-state index < -0.39 is 23.9 Å². The third-order valence-corrected chi connectivity index (χ3v) is 3.24. The van der Waals surface area contributed by atoms with Gasteiger partial charge in [0.25, 0.3) is 5.91 Å². The van der Waals surface area contributed by atoms with E-state index in [1.807, 2.05) is 0 Å². The van der Waals surface area contributed by atoms with Gasteiger partial charge in [-0.2, -0.15) is 0 Å². The summed E-state index contributed by atoms with van der Waals surface area (Å²) in [4.78, 5) is 35.0. The van der Waals surface area contributed by atoms with E-state index in [-0.39, 0.29) is 0 Å². The Bertz CT molecular complexity index is 754. The number of hydrogen-bond donors (Lipinski definition) is 3. The summed E-state index contributed by atoms with van der Waals surface area (Å²) in [6, 6.07) is 12.2. The van der Waals surface area contributed by atoms with Crippen LogP contribution in [0, 0.1) is 0 Å². The van der Waals surface area contributed by atoms with Crippen molar-refractivity contribution in [3.05, 3.63) is 59.7 Å². The van der Waals surface area contributed by atoms with Crippen LogP contribution in [0.1, 0.15) is 27.6 Å². The number of benzene rings is 2. The predicted molar refractivity (Wildman–Crippen MR) is 89.3 cm³/mol. The lowest BCUT2D eigenvalue weighted by atomic mass is 10.2. The first-order chi connectivity index (χ1) is 11.4. The summed E-state index contributed by atoms with van der Waals surface area (Å²) in [5, 5.41) is 2.59. The van der Waals surface area contributed by atoms with Gasteiger partial charge in [0.2, 0.25) is 5.91 Å². The topological polar surface area (TPSA) is 125 Å². The maximum Gasteiger partial charge on any atom is 0.338 e. The zero-order chi connectivity index (χ0) is 17.7. The van der Waals surface area contributed by atoms with Crippen molar-refractivity contribution >= 4 is 29.2 Å². The predicted octanol–water partition coefficient (Wildman–Crippen LogP) is 1.55. The molecule has 2 aromatic carbocycles. The van der Waals surface area contributed by atoms with Crippen molar-refractivity contribution in [2.75, 3.05) is 11.1 Å². The van der Waals surface area contributed by atoms with Crippen molar-refractivity contribution < 1.29 is 19.1 Å². The lowest BCUT2D eigenvalue weighted by molar-refractivity contribution is -0.123. The van der Waals surface area contributed by atoms with E-state index in [0.29, 0.717) is 22.5 Å². The molecule has 0 saturated heterocycles. The highest BCUT2D eigenvalue weighted by atomic mass is 16.5. The van der Waals surface area contributed by atoms with Crippen LogP contribution < -0.4 is 16.8 Å². The molecule has 0 aromatic heterocycles. The molecule has 0 aliphatic rings. The second-order valence-corrected chi connectivity index (χ2v) is 5.10. The van der Waals surface area contributed by atoms with E-state index >= 15 is 0 Å². The van der Waals surface area contributed by atoms with Gasteiger partial charge in [0, 0.05) is 16.9 Å². The molecule has 0 bridgehead atoms. The van der Waals surface area contributed by atoms with Crippen LogP contribution in [-0.2, 0) is 9.53 Å². The highest BCUT2D eigenvalue weighted by molar-refractivity contribution is 5.98. The van der Waals surface area contributed by atoms with Gasteiger partial charge in [0.15, 0.2) is 6.10 Å². The second kappa shape index (κ2) is 7.28. The first-order valence-electron chi connectivity index (χ1n) is 7.14. The molecule has 0 fully saturated rings. The molecular formula is C17H17N3O4. The fourth-order valence-electron chi connectivity index (χ4n) is 1.86. The molecule has 2 rings (SSSR count). The minimum absolute atomic E-state index is 0.301. The monoisotopic (exact) mass is 327 g/mol. The summed E-state index contributed by atoms with van der Waals surface area (Å²) in [6.07, 6.45) is -0.995. The number of carbonyl (C=O) groups excluding carboxylic acids is 3. The van der Waals surface area contributed by atoms with Gasteiger partial charge in [0.05, 0.1) is 5.56 Å². The third-order valence-electron chi connectivity index (χ3n) is 3.24. The molecule has 124 valence electrons. The number of primary amides is 1. The molecule has 0 aliphatic carbocycles. The molecule has 24 heavy (non-hydrogen) atoms. The Kier molecular flexibility index (Phi) is 5.16. The maximum absolute atomic E-state index is 12.1. The van der Waals surface area contributed by atoms with Crippen LogP contribution in [-0.4, -0.2) is 23.9 Å². The van der Waals surface area contributed by atoms with Gasteiger partial charge in [-0.25, -0.2) is 4.79 Å². The fourth-order valence-corrected chi connectivity index (χ4v) is 1.86. The Labute approximate surface area is 138 Å². The highest BCUT2D eigenvalue weighted by Gasteiger charge is 2.19. The molecule has 0 unspecified atom stereocenters. The molecule has 0 spiro atoms. The van der Waals surface area contributed by atoms with E-state index in [9.17, 15) is 14.4 Å². The minimum atomic E-state index is -0.995. The summed E-state index contributed by atoms with van der Waals surface area (Å²) in [7, 11) is 0. The van der Waals surface area contributed by atoms with E-state index in [2.05, 4.69) is 5.32 Å². The van der Waals surface area contributed by atoms with Crippen LogP contribution in [0.25, 0.3) is 0 Å². The molecular weight excluding hydrogens is 310 g/mol. The second-order valence-electron chi connectivity index (χ2n) is 5.10. The smallest absolute Gasteiger partial charge is 0.338 e. The van der Waals surface area contributed by atoms with Gasteiger partial charge in [-0.05, 0) is 55.5 Å². The number of amides is 2. The zero-order valence-corrected chi connectivity index (χ0v) is 13.0. The third kappa shape index (κ3) is 4.33. The number of esters is 1. The Morgan fingerprint density at radius 2 is 1.50 bits per heavy atom. The van der Waals surface area contributed by atoms with Crippen molar-refractivity contribution in [2.45, 2.75) is 13.0 Å². The van der Waals surface area contributed by atoms with Crippen LogP contribution in [0.3, 0.4) is 0 Å². The lowest BCUT2D eigenvalue weighted by Gasteiger charge is -2.13. The van der Waals surface area contributed by atoms with E-state index in [4.69, 9.17) is 16.2 Å². The van der Waals surface area contributed by atoms with Crippen LogP contribution >= 0.6 is 0 Å². The van der Waals surface area contributed by atoms with Crippen LogP contribution in [0.15, 0.2) is 48.5 Å². The van der Waals surface area contributed by atoms with Gasteiger partial charge in [-0.3, -0.25) is 9.59 Å². The molecule has 7 nitrogen and oxygen atoms in total. The summed E-state index contributed by atoms with van der Waals surface area (Å²) < 4.78 is 5.11. The quantitative estimate of drug-likeness (QED) is 0.567. The Hall–Kier alpha value is -3.35.